The minimum absolute atomic E-state index is 0.0663. The molecular weight excluding hydrogens is 256 g/mol. The van der Waals surface area contributed by atoms with Gasteiger partial charge in [0.15, 0.2) is 0 Å². The van der Waals surface area contributed by atoms with Gasteiger partial charge in [-0.2, -0.15) is 0 Å². The highest BCUT2D eigenvalue weighted by Crippen LogP contribution is 2.19. The van der Waals surface area contributed by atoms with Crippen molar-refractivity contribution in [3.8, 4) is 5.75 Å². The van der Waals surface area contributed by atoms with E-state index in [0.29, 0.717) is 18.9 Å². The van der Waals surface area contributed by atoms with E-state index in [0.717, 1.165) is 44.1 Å². The first-order chi connectivity index (χ1) is 9.78. The van der Waals surface area contributed by atoms with Gasteiger partial charge in [0, 0.05) is 31.9 Å². The lowest BCUT2D eigenvalue weighted by Crippen LogP contribution is -2.21. The van der Waals surface area contributed by atoms with Gasteiger partial charge >= 0.3 is 0 Å². The van der Waals surface area contributed by atoms with E-state index in [1.54, 1.807) is 0 Å². The van der Waals surface area contributed by atoms with Gasteiger partial charge in [-0.15, -0.1) is 0 Å². The molecule has 20 heavy (non-hydrogen) atoms. The number of rotatable bonds is 6. The third-order valence-electron chi connectivity index (χ3n) is 3.34. The van der Waals surface area contributed by atoms with E-state index < -0.39 is 0 Å². The Labute approximate surface area is 119 Å². The van der Waals surface area contributed by atoms with Crippen molar-refractivity contribution in [3.05, 3.63) is 24.3 Å². The number of hydrogen-bond acceptors (Lipinski definition) is 4. The molecule has 1 aromatic rings. The van der Waals surface area contributed by atoms with E-state index >= 15 is 0 Å². The SMILES string of the molecule is NCCC(=O)Nc1ccc(OCC2CCOCC2)cc1. The molecule has 1 aliphatic rings. The van der Waals surface area contributed by atoms with Crippen molar-refractivity contribution in [2.24, 2.45) is 11.7 Å². The lowest BCUT2D eigenvalue weighted by Gasteiger charge is -2.22. The first kappa shape index (κ1) is 14.8. The van der Waals surface area contributed by atoms with E-state index in [4.69, 9.17) is 15.2 Å². The molecule has 5 nitrogen and oxygen atoms in total. The van der Waals surface area contributed by atoms with Crippen LogP contribution < -0.4 is 15.8 Å². The first-order valence-electron chi connectivity index (χ1n) is 7.08. The van der Waals surface area contributed by atoms with Crippen molar-refractivity contribution in [3.63, 3.8) is 0 Å². The fourth-order valence-corrected chi connectivity index (χ4v) is 2.12. The number of ether oxygens (including phenoxy) is 2. The fraction of sp³-hybridized carbons (Fsp3) is 0.533. The maximum absolute atomic E-state index is 11.4. The molecule has 1 aliphatic heterocycles. The van der Waals surface area contributed by atoms with Crippen LogP contribution >= 0.6 is 0 Å². The maximum Gasteiger partial charge on any atom is 0.225 e. The number of amides is 1. The van der Waals surface area contributed by atoms with Crippen LogP contribution in [0.25, 0.3) is 0 Å². The van der Waals surface area contributed by atoms with Crippen molar-refractivity contribution in [2.45, 2.75) is 19.3 Å². The summed E-state index contributed by atoms with van der Waals surface area (Å²) in [6.07, 6.45) is 2.46. The monoisotopic (exact) mass is 278 g/mol. The van der Waals surface area contributed by atoms with Crippen LogP contribution in [0.1, 0.15) is 19.3 Å². The zero-order valence-electron chi connectivity index (χ0n) is 11.6. The molecule has 0 spiro atoms. The molecule has 0 unspecified atom stereocenters. The van der Waals surface area contributed by atoms with Crippen LogP contribution in [0.15, 0.2) is 24.3 Å². The molecule has 3 N–H and O–H groups in total. The van der Waals surface area contributed by atoms with E-state index in [1.807, 2.05) is 24.3 Å². The highest BCUT2D eigenvalue weighted by atomic mass is 16.5. The van der Waals surface area contributed by atoms with E-state index in [-0.39, 0.29) is 5.91 Å². The number of nitrogens with one attached hydrogen (secondary N) is 1. The normalized spacial score (nSPS) is 15.8. The summed E-state index contributed by atoms with van der Waals surface area (Å²) in [5, 5.41) is 2.78. The quantitative estimate of drug-likeness (QED) is 0.832. The second-order valence-electron chi connectivity index (χ2n) is 4.98. The first-order valence-corrected chi connectivity index (χ1v) is 7.08. The fourth-order valence-electron chi connectivity index (χ4n) is 2.12. The summed E-state index contributed by atoms with van der Waals surface area (Å²) in [4.78, 5) is 11.4. The summed E-state index contributed by atoms with van der Waals surface area (Å²) in [6.45, 7) is 2.75. The van der Waals surface area contributed by atoms with E-state index in [1.165, 1.54) is 0 Å². The average molecular weight is 278 g/mol. The van der Waals surface area contributed by atoms with Crippen LogP contribution in [-0.4, -0.2) is 32.3 Å². The van der Waals surface area contributed by atoms with Gasteiger partial charge in [0.05, 0.1) is 6.61 Å². The molecule has 110 valence electrons. The Morgan fingerprint density at radius 3 is 2.65 bits per heavy atom. The maximum atomic E-state index is 11.4. The molecule has 0 saturated carbocycles. The lowest BCUT2D eigenvalue weighted by molar-refractivity contribution is -0.116. The topological polar surface area (TPSA) is 73.6 Å². The molecule has 1 amide bonds. The predicted octanol–water partition coefficient (Wildman–Crippen LogP) is 1.78. The second-order valence-corrected chi connectivity index (χ2v) is 4.98. The molecular formula is C15H22N2O3. The summed E-state index contributed by atoms with van der Waals surface area (Å²) < 4.78 is 11.1. The Morgan fingerprint density at radius 2 is 2.00 bits per heavy atom. The van der Waals surface area contributed by atoms with Crippen LogP contribution in [0.4, 0.5) is 5.69 Å². The van der Waals surface area contributed by atoms with Crippen molar-refractivity contribution >= 4 is 11.6 Å². The zero-order chi connectivity index (χ0) is 14.2. The van der Waals surface area contributed by atoms with Crippen molar-refractivity contribution in [1.29, 1.82) is 0 Å². The van der Waals surface area contributed by atoms with Crippen molar-refractivity contribution in [2.75, 3.05) is 31.7 Å². The third-order valence-corrected chi connectivity index (χ3v) is 3.34. The number of carbonyl (C=O) groups excluding carboxylic acids is 1. The van der Waals surface area contributed by atoms with Crippen molar-refractivity contribution in [1.82, 2.24) is 0 Å². The zero-order valence-corrected chi connectivity index (χ0v) is 11.6. The summed E-state index contributed by atoms with van der Waals surface area (Å²) in [6, 6.07) is 7.43. The standard InChI is InChI=1S/C15H22N2O3/c16-8-5-15(18)17-13-1-3-14(4-2-13)20-11-12-6-9-19-10-7-12/h1-4,12H,5-11,16H2,(H,17,18). The number of hydrogen-bond donors (Lipinski definition) is 2. The third kappa shape index (κ3) is 4.83. The Bertz CT molecular complexity index is 414. The van der Waals surface area contributed by atoms with Gasteiger partial charge in [-0.3, -0.25) is 4.79 Å². The highest BCUT2D eigenvalue weighted by Gasteiger charge is 2.14. The second kappa shape index (κ2) is 7.87. The van der Waals surface area contributed by atoms with Crippen LogP contribution in [-0.2, 0) is 9.53 Å². The van der Waals surface area contributed by atoms with Crippen LogP contribution in [0.2, 0.25) is 0 Å². The molecule has 1 fully saturated rings. The Balaban J connectivity index is 1.77. The number of anilines is 1. The van der Waals surface area contributed by atoms with Crippen LogP contribution in [0.5, 0.6) is 5.75 Å². The molecule has 1 aromatic carbocycles. The van der Waals surface area contributed by atoms with Crippen molar-refractivity contribution < 1.29 is 14.3 Å². The Morgan fingerprint density at radius 1 is 1.30 bits per heavy atom. The summed E-state index contributed by atoms with van der Waals surface area (Å²) in [7, 11) is 0. The minimum Gasteiger partial charge on any atom is -0.493 e. The number of carbonyl (C=O) groups is 1. The van der Waals surface area contributed by atoms with Gasteiger partial charge in [-0.25, -0.2) is 0 Å². The van der Waals surface area contributed by atoms with Gasteiger partial charge in [0.2, 0.25) is 5.91 Å². The van der Waals surface area contributed by atoms with Gasteiger partial charge in [-0.05, 0) is 43.0 Å². The van der Waals surface area contributed by atoms with Gasteiger partial charge in [-0.1, -0.05) is 0 Å². The van der Waals surface area contributed by atoms with E-state index in [9.17, 15) is 4.79 Å². The Kier molecular flexibility index (Phi) is 5.83. The summed E-state index contributed by atoms with van der Waals surface area (Å²) >= 11 is 0. The Hall–Kier alpha value is -1.59. The van der Waals surface area contributed by atoms with Gasteiger partial charge in [0.1, 0.15) is 5.75 Å². The molecule has 1 heterocycles. The summed E-state index contributed by atoms with van der Waals surface area (Å²) in [5.41, 5.74) is 6.09. The van der Waals surface area contributed by atoms with E-state index in [2.05, 4.69) is 5.32 Å². The largest absolute Gasteiger partial charge is 0.493 e. The summed E-state index contributed by atoms with van der Waals surface area (Å²) in [5.74, 6) is 1.34. The molecule has 2 rings (SSSR count). The van der Waals surface area contributed by atoms with Gasteiger partial charge in [0.25, 0.3) is 0 Å². The van der Waals surface area contributed by atoms with Crippen LogP contribution in [0, 0.1) is 5.92 Å². The lowest BCUT2D eigenvalue weighted by atomic mass is 10.0. The minimum atomic E-state index is -0.0663. The number of benzene rings is 1. The molecule has 0 bridgehead atoms. The van der Waals surface area contributed by atoms with Crippen LogP contribution in [0.3, 0.4) is 0 Å². The smallest absolute Gasteiger partial charge is 0.225 e. The molecule has 1 saturated heterocycles. The van der Waals surface area contributed by atoms with Gasteiger partial charge < -0.3 is 20.5 Å². The predicted molar refractivity (Wildman–Crippen MR) is 77.8 cm³/mol. The molecule has 5 heteroatoms. The number of nitrogens with two attached hydrogens (primary N) is 1. The molecule has 0 atom stereocenters. The highest BCUT2D eigenvalue weighted by molar-refractivity contribution is 5.90. The molecule has 0 aromatic heterocycles. The molecule has 0 radical (unpaired) electrons. The average Bonchev–Trinajstić information content (AvgIpc) is 2.48. The molecule has 0 aliphatic carbocycles.